The summed E-state index contributed by atoms with van der Waals surface area (Å²) in [6.45, 7) is 0. The summed E-state index contributed by atoms with van der Waals surface area (Å²) in [5.74, 6) is -11.8. The molecule has 27 heavy (non-hydrogen) atoms. The summed E-state index contributed by atoms with van der Waals surface area (Å²) in [6.07, 6.45) is -24.9. The number of halogens is 11. The van der Waals surface area contributed by atoms with Crippen LogP contribution < -0.4 is 0 Å². The Labute approximate surface area is 141 Å². The van der Waals surface area contributed by atoms with E-state index in [4.69, 9.17) is 5.11 Å². The molecule has 3 unspecified atom stereocenters. The number of aliphatic hydroxyl groups is 2. The van der Waals surface area contributed by atoms with Gasteiger partial charge in [0.15, 0.2) is 17.7 Å². The van der Waals surface area contributed by atoms with E-state index in [0.29, 0.717) is 0 Å². The first-order chi connectivity index (χ1) is 11.9. The quantitative estimate of drug-likeness (QED) is 0.683. The lowest BCUT2D eigenvalue weighted by Gasteiger charge is -2.23. The van der Waals surface area contributed by atoms with E-state index in [2.05, 4.69) is 0 Å². The van der Waals surface area contributed by atoms with Crippen LogP contribution in [0.1, 0.15) is 33.2 Å². The number of hydrogen-bond acceptors (Lipinski definition) is 3. The third-order valence-corrected chi connectivity index (χ3v) is 3.84. The van der Waals surface area contributed by atoms with Gasteiger partial charge in [-0.3, -0.25) is 4.79 Å². The van der Waals surface area contributed by atoms with Crippen molar-refractivity contribution in [3.63, 3.8) is 0 Å². The van der Waals surface area contributed by atoms with Gasteiger partial charge in [-0.25, -0.2) is 8.78 Å². The Morgan fingerprint density at radius 3 is 1.63 bits per heavy atom. The van der Waals surface area contributed by atoms with Crippen LogP contribution in [0, 0.1) is 17.6 Å². The number of Topliss-reactive ketones (excluding diaryl/α,β-unsaturated/α-hetero) is 1. The standard InChI is InChI=1S/C13H5F11O3/c14-6-2-1(8(25)3(9(2)26)10(27)13(22,23)24)4(11(16,17)18)7(15)5(6)12(19,20)21/h3,8,10,25,27H. The molecule has 0 aliphatic heterocycles. The van der Waals surface area contributed by atoms with Gasteiger partial charge in [0.25, 0.3) is 0 Å². The van der Waals surface area contributed by atoms with Crippen LogP contribution >= 0.6 is 0 Å². The molecule has 1 aliphatic rings. The number of alkyl halides is 9. The van der Waals surface area contributed by atoms with Crippen molar-refractivity contribution in [2.45, 2.75) is 30.7 Å². The Kier molecular flexibility index (Phi) is 4.76. The summed E-state index contributed by atoms with van der Waals surface area (Å²) in [5.41, 5.74) is -10.4. The molecule has 0 saturated heterocycles. The number of carbonyl (C=O) groups is 1. The van der Waals surface area contributed by atoms with Gasteiger partial charge in [-0.2, -0.15) is 39.5 Å². The Bertz CT molecular complexity index is 791. The largest absolute Gasteiger partial charge is 0.422 e. The van der Waals surface area contributed by atoms with Crippen LogP contribution in [-0.2, 0) is 12.4 Å². The lowest BCUT2D eigenvalue weighted by atomic mass is 9.93. The van der Waals surface area contributed by atoms with Crippen molar-refractivity contribution < 1.29 is 63.3 Å². The van der Waals surface area contributed by atoms with E-state index in [1.165, 1.54) is 0 Å². The van der Waals surface area contributed by atoms with E-state index in [0.717, 1.165) is 0 Å². The van der Waals surface area contributed by atoms with Gasteiger partial charge < -0.3 is 10.2 Å². The summed E-state index contributed by atoms with van der Waals surface area (Å²) >= 11 is 0. The molecule has 2 N–H and O–H groups in total. The van der Waals surface area contributed by atoms with Gasteiger partial charge in [0, 0.05) is 5.56 Å². The molecule has 1 aliphatic carbocycles. The van der Waals surface area contributed by atoms with Crippen LogP contribution in [0.5, 0.6) is 0 Å². The predicted molar refractivity (Wildman–Crippen MR) is 61.2 cm³/mol. The van der Waals surface area contributed by atoms with E-state index in [1.807, 2.05) is 0 Å². The zero-order valence-corrected chi connectivity index (χ0v) is 12.2. The topological polar surface area (TPSA) is 57.5 Å². The zero-order valence-electron chi connectivity index (χ0n) is 12.2. The Hall–Kier alpha value is -1.96. The highest BCUT2D eigenvalue weighted by atomic mass is 19.4. The van der Waals surface area contributed by atoms with Crippen molar-refractivity contribution in [3.8, 4) is 0 Å². The number of carbonyl (C=O) groups excluding carboxylic acids is 1. The van der Waals surface area contributed by atoms with Gasteiger partial charge in [-0.1, -0.05) is 0 Å². The van der Waals surface area contributed by atoms with Crippen molar-refractivity contribution in [1.82, 2.24) is 0 Å². The summed E-state index contributed by atoms with van der Waals surface area (Å²) in [5, 5.41) is 18.7. The maximum atomic E-state index is 14.0. The van der Waals surface area contributed by atoms with Crippen molar-refractivity contribution in [1.29, 1.82) is 0 Å². The molecule has 0 spiro atoms. The van der Waals surface area contributed by atoms with Gasteiger partial charge in [0.1, 0.15) is 11.4 Å². The first kappa shape index (κ1) is 21.3. The molecule has 1 aromatic carbocycles. The van der Waals surface area contributed by atoms with Crippen molar-refractivity contribution >= 4 is 5.78 Å². The van der Waals surface area contributed by atoms with Crippen LogP contribution in [0.25, 0.3) is 0 Å². The molecule has 14 heteroatoms. The van der Waals surface area contributed by atoms with Crippen LogP contribution in [0.2, 0.25) is 0 Å². The number of benzene rings is 1. The first-order valence-corrected chi connectivity index (χ1v) is 6.58. The zero-order chi connectivity index (χ0) is 21.3. The van der Waals surface area contributed by atoms with E-state index in [-0.39, 0.29) is 0 Å². The van der Waals surface area contributed by atoms with Crippen LogP contribution in [0.4, 0.5) is 48.3 Å². The number of hydrogen-bond donors (Lipinski definition) is 2. The van der Waals surface area contributed by atoms with E-state index in [9.17, 15) is 58.2 Å². The van der Waals surface area contributed by atoms with Gasteiger partial charge in [0.05, 0.1) is 23.1 Å². The second-order valence-electron chi connectivity index (χ2n) is 5.48. The molecule has 2 rings (SSSR count). The maximum Gasteiger partial charge on any atom is 0.422 e. The number of rotatable bonds is 1. The monoisotopic (exact) mass is 418 g/mol. The lowest BCUT2D eigenvalue weighted by molar-refractivity contribution is -0.221. The van der Waals surface area contributed by atoms with E-state index < -0.39 is 76.3 Å². The number of ketones is 1. The molecule has 0 aromatic heterocycles. The van der Waals surface area contributed by atoms with Crippen LogP contribution in [0.15, 0.2) is 0 Å². The van der Waals surface area contributed by atoms with Gasteiger partial charge >= 0.3 is 18.5 Å². The highest BCUT2D eigenvalue weighted by Gasteiger charge is 2.59. The summed E-state index contributed by atoms with van der Waals surface area (Å²) in [4.78, 5) is 11.9. The number of aliphatic hydroxyl groups excluding tert-OH is 2. The van der Waals surface area contributed by atoms with E-state index in [1.54, 1.807) is 0 Å². The molecule has 3 nitrogen and oxygen atoms in total. The fraction of sp³-hybridized carbons (Fsp3) is 0.462. The Balaban J connectivity index is 2.92. The molecule has 0 fully saturated rings. The molecule has 1 aromatic rings. The Morgan fingerprint density at radius 1 is 0.815 bits per heavy atom. The second-order valence-corrected chi connectivity index (χ2v) is 5.48. The van der Waals surface area contributed by atoms with Crippen molar-refractivity contribution in [2.75, 3.05) is 0 Å². The first-order valence-electron chi connectivity index (χ1n) is 6.58. The third-order valence-electron chi connectivity index (χ3n) is 3.84. The Morgan fingerprint density at radius 2 is 1.26 bits per heavy atom. The maximum absolute atomic E-state index is 14.0. The van der Waals surface area contributed by atoms with Crippen molar-refractivity contribution in [2.24, 2.45) is 5.92 Å². The molecular formula is C13H5F11O3. The second kappa shape index (κ2) is 6.02. The fourth-order valence-corrected chi connectivity index (χ4v) is 2.78. The highest BCUT2D eigenvalue weighted by Crippen LogP contribution is 2.51. The smallest absolute Gasteiger partial charge is 0.387 e. The molecular weight excluding hydrogens is 413 g/mol. The highest BCUT2D eigenvalue weighted by molar-refractivity contribution is 6.04. The predicted octanol–water partition coefficient (Wildman–Crippen LogP) is 3.77. The average Bonchev–Trinajstić information content (AvgIpc) is 2.66. The van der Waals surface area contributed by atoms with Gasteiger partial charge in [-0.15, -0.1) is 0 Å². The fourth-order valence-electron chi connectivity index (χ4n) is 2.78. The molecule has 0 amide bonds. The lowest BCUT2D eigenvalue weighted by Crippen LogP contribution is -2.40. The summed E-state index contributed by atoms with van der Waals surface area (Å²) in [7, 11) is 0. The van der Waals surface area contributed by atoms with E-state index >= 15 is 0 Å². The molecule has 152 valence electrons. The normalized spacial score (nSPS) is 22.2. The molecule has 3 atom stereocenters. The third kappa shape index (κ3) is 3.24. The number of fused-ring (bicyclic) bond motifs is 1. The van der Waals surface area contributed by atoms with Crippen LogP contribution in [-0.4, -0.2) is 28.3 Å². The molecule has 0 heterocycles. The molecule has 0 bridgehead atoms. The molecule has 0 radical (unpaired) electrons. The van der Waals surface area contributed by atoms with Gasteiger partial charge in [-0.05, 0) is 0 Å². The summed E-state index contributed by atoms with van der Waals surface area (Å²) < 4.78 is 143. The van der Waals surface area contributed by atoms with Crippen LogP contribution in [0.3, 0.4) is 0 Å². The minimum absolute atomic E-state index is 2.14. The average molecular weight is 418 g/mol. The van der Waals surface area contributed by atoms with Crippen molar-refractivity contribution in [3.05, 3.63) is 33.9 Å². The molecule has 0 saturated carbocycles. The minimum Gasteiger partial charge on any atom is -0.387 e. The summed E-state index contributed by atoms with van der Waals surface area (Å²) in [6, 6.07) is 0. The minimum atomic E-state index is -6.09. The SMILES string of the molecule is O=C1c2c(F)c(C(F)(F)F)c(F)c(C(F)(F)F)c2C(O)C1C(O)C(F)(F)F. The van der Waals surface area contributed by atoms with Gasteiger partial charge in [0.2, 0.25) is 0 Å².